The van der Waals surface area contributed by atoms with Gasteiger partial charge in [-0.1, -0.05) is 33.5 Å². The molecule has 0 aliphatic rings. The number of aromatic hydroxyl groups is 2. The second-order valence-corrected chi connectivity index (χ2v) is 19.8. The molecule has 360 valence electrons. The number of pyridine rings is 1. The number of rotatable bonds is 18. The van der Waals surface area contributed by atoms with Gasteiger partial charge in [-0.15, -0.1) is 39.4 Å². The Bertz CT molecular complexity index is 3750. The summed E-state index contributed by atoms with van der Waals surface area (Å²) in [5, 5.41) is 83.0. The van der Waals surface area contributed by atoms with Crippen molar-refractivity contribution in [1.29, 1.82) is 5.26 Å². The summed E-state index contributed by atoms with van der Waals surface area (Å²) < 4.78 is 86.0. The first-order valence-electron chi connectivity index (χ1n) is 19.5. The average molecular weight is 1050 g/mol. The van der Waals surface area contributed by atoms with Crippen molar-refractivity contribution in [3.8, 4) is 23.4 Å². The highest BCUT2D eigenvalue weighted by Gasteiger charge is 2.26. The standard InChI is InChI=1S/C40H30N10O15S5/c1-19-14-29(31(61-12-5-13-69(55,56)57)17-28(19)45-49-40-43-26-10-8-21(67-64-62-53)15-32(26)66-40)46-48-35-33(68-65-63-54)16-23-22(36(35)51)9-11-27(37(23)70(58,59)60)44-47-34-20(2)24(18-41)38-42-25-6-3-4-7-30(25)50(38)39(34)52/h3-4,6-11,14-17,51-54H,5,12-13H2,1-2H3,(H,55,56,57)(H,58,59,60). The van der Waals surface area contributed by atoms with Crippen molar-refractivity contribution in [2.45, 2.75) is 35.0 Å². The third-order valence-electron chi connectivity index (χ3n) is 9.98. The number of fused-ring (bicyclic) bond motifs is 5. The summed E-state index contributed by atoms with van der Waals surface area (Å²) in [4.78, 5) is 8.38. The number of ether oxygens (including phenoxy) is 1. The SMILES string of the molecule is Cc1cc(N=Nc2c(SOOO)cc3c(S(=O)(=O)O)c(N=Nc4c(C)c(C#N)c5nc6ccccc6n5c4O)ccc3c2O)c(OCCCS(=O)(=O)O)cc1N=Nc1nc2ccc(SOOO)cc2s1. The summed E-state index contributed by atoms with van der Waals surface area (Å²) in [6, 6.07) is 20.2. The van der Waals surface area contributed by atoms with E-state index in [2.05, 4.69) is 65.5 Å². The number of aromatic nitrogens is 3. The molecular weight excluding hydrogens is 1020 g/mol. The fourth-order valence-corrected chi connectivity index (χ4v) is 9.99. The molecule has 0 aliphatic heterocycles. The predicted octanol–water partition coefficient (Wildman–Crippen LogP) is 11.2. The molecule has 6 N–H and O–H groups in total. The number of hydrogen-bond donors (Lipinski definition) is 6. The molecule has 0 atom stereocenters. The van der Waals surface area contributed by atoms with Crippen LogP contribution < -0.4 is 4.74 Å². The Kier molecular flexibility index (Phi) is 14.6. The molecule has 70 heavy (non-hydrogen) atoms. The summed E-state index contributed by atoms with van der Waals surface area (Å²) in [5.41, 5.74) is 1.43. The van der Waals surface area contributed by atoms with Crippen LogP contribution in [0.25, 0.3) is 37.7 Å². The van der Waals surface area contributed by atoms with Gasteiger partial charge >= 0.3 is 0 Å². The molecule has 0 bridgehead atoms. The lowest BCUT2D eigenvalue weighted by Gasteiger charge is -2.13. The predicted molar refractivity (Wildman–Crippen MR) is 250 cm³/mol. The van der Waals surface area contributed by atoms with Gasteiger partial charge in [-0.3, -0.25) is 13.5 Å². The molecule has 30 heteroatoms. The number of aryl methyl sites for hydroxylation is 1. The Balaban J connectivity index is 1.19. The van der Waals surface area contributed by atoms with Crippen LogP contribution in [-0.2, 0) is 39.0 Å². The number of benzene rings is 5. The van der Waals surface area contributed by atoms with E-state index < -0.39 is 48.2 Å². The summed E-state index contributed by atoms with van der Waals surface area (Å²) in [7, 11) is -9.57. The maximum absolute atomic E-state index is 13.1. The Morgan fingerprint density at radius 1 is 0.786 bits per heavy atom. The van der Waals surface area contributed by atoms with Crippen LogP contribution in [0.3, 0.4) is 0 Å². The number of thiazole rings is 1. The highest BCUT2D eigenvalue weighted by Crippen LogP contribution is 2.49. The minimum atomic E-state index is -5.23. The number of para-hydroxylation sites is 2. The van der Waals surface area contributed by atoms with E-state index in [0.29, 0.717) is 31.7 Å². The normalized spacial score (nSPS) is 12.5. The van der Waals surface area contributed by atoms with Gasteiger partial charge in [0.1, 0.15) is 39.3 Å². The lowest BCUT2D eigenvalue weighted by atomic mass is 10.1. The van der Waals surface area contributed by atoms with Gasteiger partial charge in [0, 0.05) is 27.3 Å². The topological polar surface area (TPSA) is 364 Å². The summed E-state index contributed by atoms with van der Waals surface area (Å²) in [6.45, 7) is 2.88. The minimum Gasteiger partial charge on any atom is -0.505 e. The Morgan fingerprint density at radius 2 is 1.51 bits per heavy atom. The molecule has 0 saturated heterocycles. The zero-order valence-corrected chi connectivity index (χ0v) is 39.5. The van der Waals surface area contributed by atoms with Gasteiger partial charge in [0.2, 0.25) is 11.0 Å². The number of phenolic OH excluding ortho intramolecular Hbond substituents is 1. The van der Waals surface area contributed by atoms with Crippen molar-refractivity contribution in [2.24, 2.45) is 30.7 Å². The molecule has 25 nitrogen and oxygen atoms in total. The van der Waals surface area contributed by atoms with E-state index in [1.165, 1.54) is 40.9 Å². The van der Waals surface area contributed by atoms with Crippen LogP contribution in [0.4, 0.5) is 33.6 Å². The van der Waals surface area contributed by atoms with E-state index in [1.54, 1.807) is 49.4 Å². The van der Waals surface area contributed by atoms with Gasteiger partial charge in [-0.25, -0.2) is 20.5 Å². The van der Waals surface area contributed by atoms with Crippen LogP contribution in [0.15, 0.2) is 118 Å². The number of phenols is 1. The second-order valence-electron chi connectivity index (χ2n) is 14.4. The van der Waals surface area contributed by atoms with Gasteiger partial charge in [0.05, 0.1) is 68.3 Å². The number of nitriles is 1. The van der Waals surface area contributed by atoms with Gasteiger partial charge in [-0.2, -0.15) is 22.1 Å². The lowest BCUT2D eigenvalue weighted by Crippen LogP contribution is -2.08. The maximum Gasteiger partial charge on any atom is 0.297 e. The van der Waals surface area contributed by atoms with Crippen molar-refractivity contribution in [1.82, 2.24) is 14.4 Å². The quantitative estimate of drug-likeness (QED) is 0.0116. The fraction of sp³-hybridized carbons (Fsp3) is 0.125. The molecule has 0 spiro atoms. The highest BCUT2D eigenvalue weighted by atomic mass is 32.2. The molecule has 3 heterocycles. The van der Waals surface area contributed by atoms with E-state index in [4.69, 9.17) is 15.3 Å². The van der Waals surface area contributed by atoms with Crippen molar-refractivity contribution >= 4 is 127 Å². The first kappa shape index (κ1) is 49.6. The molecular formula is C40H30N10O15S5. The van der Waals surface area contributed by atoms with Crippen LogP contribution >= 0.6 is 35.4 Å². The summed E-state index contributed by atoms with van der Waals surface area (Å²) in [5.74, 6) is -1.85. The number of nitrogens with zero attached hydrogens (tertiary/aromatic N) is 10. The Labute approximate surface area is 405 Å². The number of imidazole rings is 1. The molecule has 5 aromatic carbocycles. The van der Waals surface area contributed by atoms with Crippen molar-refractivity contribution in [3.05, 3.63) is 89.5 Å². The van der Waals surface area contributed by atoms with Gasteiger partial charge in [-0.05, 0) is 80.4 Å². The van der Waals surface area contributed by atoms with Crippen LogP contribution in [-0.4, -0.2) is 73.4 Å². The number of azo groups is 3. The first-order valence-corrected chi connectivity index (χ1v) is 24.9. The van der Waals surface area contributed by atoms with E-state index in [9.17, 15) is 41.4 Å². The maximum atomic E-state index is 13.1. The van der Waals surface area contributed by atoms with Crippen molar-refractivity contribution < 1.29 is 70.1 Å². The van der Waals surface area contributed by atoms with E-state index >= 15 is 0 Å². The van der Waals surface area contributed by atoms with E-state index in [1.807, 2.05) is 0 Å². The molecule has 0 fully saturated rings. The molecule has 8 aromatic rings. The molecule has 0 aliphatic carbocycles. The Morgan fingerprint density at radius 3 is 2.26 bits per heavy atom. The molecule has 0 radical (unpaired) electrons. The van der Waals surface area contributed by atoms with Gasteiger partial charge in [0.25, 0.3) is 20.2 Å². The highest BCUT2D eigenvalue weighted by molar-refractivity contribution is 7.95. The largest absolute Gasteiger partial charge is 0.505 e. The monoisotopic (exact) mass is 1050 g/mol. The average Bonchev–Trinajstić information content (AvgIpc) is 3.92. The Hall–Kier alpha value is -6.83. The van der Waals surface area contributed by atoms with E-state index in [0.717, 1.165) is 24.2 Å². The summed E-state index contributed by atoms with van der Waals surface area (Å²) in [6.07, 6.45) is -0.150. The zero-order valence-electron chi connectivity index (χ0n) is 35.4. The van der Waals surface area contributed by atoms with Crippen molar-refractivity contribution in [2.75, 3.05) is 12.4 Å². The third-order valence-corrected chi connectivity index (χ3v) is 13.8. The second kappa shape index (κ2) is 20.6. The molecule has 0 amide bonds. The van der Waals surface area contributed by atoms with Crippen LogP contribution in [0.2, 0.25) is 0 Å². The van der Waals surface area contributed by atoms with Crippen LogP contribution in [0, 0.1) is 25.2 Å². The van der Waals surface area contributed by atoms with Crippen LogP contribution in [0.5, 0.6) is 17.4 Å². The third kappa shape index (κ3) is 10.5. The van der Waals surface area contributed by atoms with Gasteiger partial charge in [0.15, 0.2) is 17.1 Å². The zero-order chi connectivity index (χ0) is 49.9. The van der Waals surface area contributed by atoms with Gasteiger partial charge < -0.3 is 14.9 Å². The molecule has 8 rings (SSSR count). The van der Waals surface area contributed by atoms with E-state index in [-0.39, 0.29) is 91.1 Å². The molecule has 0 unspecified atom stereocenters. The minimum absolute atomic E-state index is 0.00784. The fourth-order valence-electron chi connectivity index (χ4n) is 6.90. The smallest absolute Gasteiger partial charge is 0.297 e. The first-order chi connectivity index (χ1) is 33.5. The van der Waals surface area contributed by atoms with Crippen molar-refractivity contribution in [3.63, 3.8) is 0 Å². The number of hydrogen-bond acceptors (Lipinski definition) is 25. The van der Waals surface area contributed by atoms with Crippen LogP contribution in [0.1, 0.15) is 23.1 Å². The lowest BCUT2D eigenvalue weighted by molar-refractivity contribution is -0.432. The summed E-state index contributed by atoms with van der Waals surface area (Å²) >= 11 is 2.20. The molecule has 0 saturated carbocycles. The molecule has 3 aromatic heterocycles.